The third-order valence-electron chi connectivity index (χ3n) is 7.78. The summed E-state index contributed by atoms with van der Waals surface area (Å²) in [5.74, 6) is -2.35. The van der Waals surface area contributed by atoms with Crippen LogP contribution in [0.5, 0.6) is 0 Å². The number of aromatic nitrogens is 1. The van der Waals surface area contributed by atoms with Crippen LogP contribution in [0.25, 0.3) is 6.08 Å². The van der Waals surface area contributed by atoms with Crippen LogP contribution < -0.4 is 5.73 Å². The predicted octanol–water partition coefficient (Wildman–Crippen LogP) is 3.96. The molecule has 1 fully saturated rings. The molecule has 1 unspecified atom stereocenters. The Kier molecular flexibility index (Phi) is 10.4. The summed E-state index contributed by atoms with van der Waals surface area (Å²) in [4.78, 5) is 28.3. The van der Waals surface area contributed by atoms with Crippen LogP contribution >= 0.6 is 11.3 Å². The van der Waals surface area contributed by atoms with E-state index in [1.54, 1.807) is 18.3 Å². The molecule has 0 amide bonds. The van der Waals surface area contributed by atoms with Gasteiger partial charge in [-0.25, -0.2) is 4.98 Å². The van der Waals surface area contributed by atoms with Crippen LogP contribution in [0, 0.1) is 24.2 Å². The molecule has 1 aromatic heterocycles. The third-order valence-corrected chi connectivity index (χ3v) is 8.57. The van der Waals surface area contributed by atoms with Gasteiger partial charge >= 0.3 is 5.97 Å². The van der Waals surface area contributed by atoms with Crippen LogP contribution in [0.1, 0.15) is 84.3 Å². The molecular formula is C27H44N2O6S. The second-order valence-corrected chi connectivity index (χ2v) is 12.4. The van der Waals surface area contributed by atoms with E-state index in [2.05, 4.69) is 11.9 Å². The number of nitrogens with zero attached hydrogens (tertiary/aromatic N) is 1. The van der Waals surface area contributed by atoms with Gasteiger partial charge in [-0.05, 0) is 52.0 Å². The first kappa shape index (κ1) is 30.6. The molecule has 7 atom stereocenters. The average molecular weight is 525 g/mol. The Hall–Kier alpha value is -1.65. The summed E-state index contributed by atoms with van der Waals surface area (Å²) in [6.45, 7) is 12.7. The number of Topliss-reactive ketones (excluding diaryl/α,β-unsaturated/α-hetero) is 1. The maximum absolute atomic E-state index is 12.9. The van der Waals surface area contributed by atoms with E-state index in [1.807, 2.05) is 32.2 Å². The van der Waals surface area contributed by atoms with E-state index in [9.17, 15) is 19.8 Å². The number of carbonyl (C=O) groups excluding carboxylic acids is 1. The number of aliphatic hydroxyl groups excluding tert-OH is 2. The molecule has 9 heteroatoms. The Balaban J connectivity index is 1.80. The van der Waals surface area contributed by atoms with Gasteiger partial charge in [-0.2, -0.15) is 0 Å². The van der Waals surface area contributed by atoms with Crippen LogP contribution in [0.2, 0.25) is 0 Å². The summed E-state index contributed by atoms with van der Waals surface area (Å²) in [6, 6.07) is -0.105. The molecule has 1 saturated heterocycles. The summed E-state index contributed by atoms with van der Waals surface area (Å²) in [6.07, 6.45) is 2.53. The molecule has 0 bridgehead atoms. The first-order chi connectivity index (χ1) is 16.6. The molecule has 204 valence electrons. The van der Waals surface area contributed by atoms with Crippen molar-refractivity contribution in [2.24, 2.45) is 23.0 Å². The molecule has 1 aromatic rings. The third kappa shape index (κ3) is 7.92. The summed E-state index contributed by atoms with van der Waals surface area (Å²) >= 11 is 1.61. The van der Waals surface area contributed by atoms with Gasteiger partial charge in [0.2, 0.25) is 0 Å². The van der Waals surface area contributed by atoms with Crippen LogP contribution in [-0.4, -0.2) is 62.0 Å². The number of hydrogen-bond acceptors (Lipinski definition) is 8. The SMILES string of the molecule is C/C(=C\c1csc(C)n1)C(N)C[C@@H]1O[C@]1(C)CCC[C@H](C)[C@H](O)[C@@H](C)C(=O)C(C)(C)[C@@H](O)CC(=O)O. The molecule has 0 aromatic carbocycles. The first-order valence-electron chi connectivity index (χ1n) is 12.7. The van der Waals surface area contributed by atoms with Crippen molar-refractivity contribution in [3.8, 4) is 0 Å². The van der Waals surface area contributed by atoms with Crippen molar-refractivity contribution in [3.63, 3.8) is 0 Å². The number of carboxylic acids is 1. The minimum atomic E-state index is -1.31. The average Bonchev–Trinajstić information content (AvgIpc) is 3.22. The second kappa shape index (κ2) is 12.3. The van der Waals surface area contributed by atoms with Crippen molar-refractivity contribution in [2.45, 2.75) is 111 Å². The van der Waals surface area contributed by atoms with E-state index in [1.165, 1.54) is 13.8 Å². The number of ketones is 1. The lowest BCUT2D eigenvalue weighted by Crippen LogP contribution is -2.45. The number of hydrogen-bond donors (Lipinski definition) is 4. The first-order valence-corrected chi connectivity index (χ1v) is 13.6. The Morgan fingerprint density at radius 2 is 1.97 bits per heavy atom. The van der Waals surface area contributed by atoms with Gasteiger partial charge in [-0.15, -0.1) is 11.3 Å². The molecule has 36 heavy (non-hydrogen) atoms. The number of aliphatic hydroxyl groups is 2. The number of aryl methyl sites for hydroxylation is 1. The Bertz CT molecular complexity index is 944. The highest BCUT2D eigenvalue weighted by molar-refractivity contribution is 7.09. The number of thiazole rings is 1. The van der Waals surface area contributed by atoms with Gasteiger partial charge in [0.25, 0.3) is 0 Å². The molecule has 0 saturated carbocycles. The van der Waals surface area contributed by atoms with Crippen molar-refractivity contribution < 1.29 is 29.6 Å². The van der Waals surface area contributed by atoms with Crippen LogP contribution in [0.4, 0.5) is 0 Å². The van der Waals surface area contributed by atoms with E-state index in [-0.39, 0.29) is 29.4 Å². The standard InChI is InChI=1S/C27H44N2O6S/c1-15(24(33)17(3)25(34)26(5,6)21(30)13-23(31)32)9-8-10-27(7)22(35-27)12-20(28)16(2)11-19-14-36-18(4)29-19/h11,14-15,17,20-22,24,30,33H,8-10,12-13,28H2,1-7H3,(H,31,32)/b16-11+/t15-,17+,20?,21-,22-,24-,27+/m0/s1. The number of carboxylic acid groups (broad SMARTS) is 1. The van der Waals surface area contributed by atoms with Gasteiger partial charge in [0, 0.05) is 17.3 Å². The van der Waals surface area contributed by atoms with Crippen LogP contribution in [0.3, 0.4) is 0 Å². The van der Waals surface area contributed by atoms with Gasteiger partial charge < -0.3 is 25.8 Å². The molecule has 0 spiro atoms. The summed E-state index contributed by atoms with van der Waals surface area (Å²) in [5.41, 5.74) is 6.92. The lowest BCUT2D eigenvalue weighted by molar-refractivity contribution is -0.147. The second-order valence-electron chi connectivity index (χ2n) is 11.3. The minimum absolute atomic E-state index is 0.0882. The lowest BCUT2D eigenvalue weighted by Gasteiger charge is -2.34. The molecule has 2 rings (SSSR count). The largest absolute Gasteiger partial charge is 0.481 e. The molecule has 0 aliphatic carbocycles. The molecule has 0 radical (unpaired) electrons. The molecule has 2 heterocycles. The smallest absolute Gasteiger partial charge is 0.306 e. The normalized spacial score (nSPS) is 24.6. The van der Waals surface area contributed by atoms with Gasteiger partial charge in [0.1, 0.15) is 5.78 Å². The van der Waals surface area contributed by atoms with E-state index >= 15 is 0 Å². The number of epoxide rings is 1. The van der Waals surface area contributed by atoms with Gasteiger partial charge in [-0.3, -0.25) is 9.59 Å². The van der Waals surface area contributed by atoms with E-state index in [0.717, 1.165) is 42.0 Å². The topological polar surface area (TPSA) is 146 Å². The van der Waals surface area contributed by atoms with Crippen LogP contribution in [0.15, 0.2) is 11.0 Å². The fourth-order valence-corrected chi connectivity index (χ4v) is 5.35. The molecule has 5 N–H and O–H groups in total. The predicted molar refractivity (Wildman–Crippen MR) is 142 cm³/mol. The van der Waals surface area contributed by atoms with Crippen molar-refractivity contribution in [1.82, 2.24) is 4.98 Å². The van der Waals surface area contributed by atoms with E-state index in [4.69, 9.17) is 15.6 Å². The Morgan fingerprint density at radius 3 is 2.53 bits per heavy atom. The van der Waals surface area contributed by atoms with Gasteiger partial charge in [0.05, 0.1) is 46.5 Å². The minimum Gasteiger partial charge on any atom is -0.481 e. The highest BCUT2D eigenvalue weighted by Gasteiger charge is 2.51. The monoisotopic (exact) mass is 524 g/mol. The van der Waals surface area contributed by atoms with Crippen molar-refractivity contribution in [3.05, 3.63) is 21.7 Å². The lowest BCUT2D eigenvalue weighted by atomic mass is 9.73. The Labute approximate surface area is 219 Å². The van der Waals surface area contributed by atoms with Gasteiger partial charge in [-0.1, -0.05) is 39.7 Å². The quantitative estimate of drug-likeness (QED) is 0.252. The molecular weight excluding hydrogens is 480 g/mol. The number of aliphatic carboxylic acids is 1. The van der Waals surface area contributed by atoms with Crippen molar-refractivity contribution >= 4 is 29.2 Å². The summed E-state index contributed by atoms with van der Waals surface area (Å²) in [5, 5.41) is 33.0. The molecule has 8 nitrogen and oxygen atoms in total. The highest BCUT2D eigenvalue weighted by atomic mass is 32.1. The molecule has 1 aliphatic rings. The number of nitrogens with two attached hydrogens (primary N) is 1. The summed E-state index contributed by atoms with van der Waals surface area (Å²) in [7, 11) is 0. The van der Waals surface area contributed by atoms with Gasteiger partial charge in [0.15, 0.2) is 0 Å². The maximum Gasteiger partial charge on any atom is 0.306 e. The maximum atomic E-state index is 12.9. The van der Waals surface area contributed by atoms with E-state index in [0.29, 0.717) is 0 Å². The number of ether oxygens (including phenoxy) is 1. The summed E-state index contributed by atoms with van der Waals surface area (Å²) < 4.78 is 6.00. The highest BCUT2D eigenvalue weighted by Crippen LogP contribution is 2.44. The van der Waals surface area contributed by atoms with Crippen LogP contribution in [-0.2, 0) is 14.3 Å². The number of carbonyl (C=O) groups is 2. The van der Waals surface area contributed by atoms with Crippen molar-refractivity contribution in [1.29, 1.82) is 0 Å². The zero-order valence-corrected chi connectivity index (χ0v) is 23.5. The molecule has 1 aliphatic heterocycles. The fourth-order valence-electron chi connectivity index (χ4n) is 4.78. The van der Waals surface area contributed by atoms with E-state index < -0.39 is 35.9 Å². The zero-order chi connectivity index (χ0) is 27.4. The zero-order valence-electron chi connectivity index (χ0n) is 22.7. The fraction of sp³-hybridized carbons (Fsp3) is 0.741. The Morgan fingerprint density at radius 1 is 1.33 bits per heavy atom. The van der Waals surface area contributed by atoms with Crippen molar-refractivity contribution in [2.75, 3.05) is 0 Å². The number of rotatable bonds is 15.